The SMILES string of the molecule is CCOC(=O)C1=C(CSC2CCCC2)NC(=O)NC1c1ccc(OC)cc1. The molecule has 27 heavy (non-hydrogen) atoms. The van der Waals surface area contributed by atoms with E-state index in [0.29, 0.717) is 22.3 Å². The van der Waals surface area contributed by atoms with Gasteiger partial charge in [-0.05, 0) is 37.5 Å². The van der Waals surface area contributed by atoms with Crippen LogP contribution in [0.1, 0.15) is 44.2 Å². The monoisotopic (exact) mass is 390 g/mol. The van der Waals surface area contributed by atoms with Gasteiger partial charge >= 0.3 is 12.0 Å². The lowest BCUT2D eigenvalue weighted by Gasteiger charge is -2.29. The molecule has 1 aliphatic heterocycles. The van der Waals surface area contributed by atoms with E-state index in [1.807, 2.05) is 24.3 Å². The molecule has 6 nitrogen and oxygen atoms in total. The van der Waals surface area contributed by atoms with E-state index in [4.69, 9.17) is 9.47 Å². The molecular weight excluding hydrogens is 364 g/mol. The molecule has 1 fully saturated rings. The summed E-state index contributed by atoms with van der Waals surface area (Å²) in [6.45, 7) is 2.07. The highest BCUT2D eigenvalue weighted by Crippen LogP contribution is 2.34. The molecule has 1 aromatic carbocycles. The first-order valence-electron chi connectivity index (χ1n) is 9.35. The van der Waals surface area contributed by atoms with Gasteiger partial charge in [-0.25, -0.2) is 9.59 Å². The van der Waals surface area contributed by atoms with Crippen LogP contribution >= 0.6 is 11.8 Å². The van der Waals surface area contributed by atoms with Gasteiger partial charge in [0.15, 0.2) is 0 Å². The number of methoxy groups -OCH3 is 1. The predicted octanol–water partition coefficient (Wildman–Crippen LogP) is 3.54. The van der Waals surface area contributed by atoms with Crippen molar-refractivity contribution in [1.29, 1.82) is 0 Å². The first-order valence-corrected chi connectivity index (χ1v) is 10.4. The molecule has 7 heteroatoms. The fraction of sp³-hybridized carbons (Fsp3) is 0.500. The summed E-state index contributed by atoms with van der Waals surface area (Å²) in [6, 6.07) is 6.51. The van der Waals surface area contributed by atoms with E-state index in [2.05, 4.69) is 10.6 Å². The molecule has 2 aliphatic rings. The van der Waals surface area contributed by atoms with E-state index in [0.717, 1.165) is 11.3 Å². The maximum Gasteiger partial charge on any atom is 0.338 e. The molecule has 0 bridgehead atoms. The Kier molecular flexibility index (Phi) is 6.66. The summed E-state index contributed by atoms with van der Waals surface area (Å²) in [7, 11) is 1.60. The zero-order valence-corrected chi connectivity index (χ0v) is 16.6. The standard InChI is InChI=1S/C20H26N2O4S/c1-3-26-19(23)17-16(12-27-15-6-4-5-7-15)21-20(24)22-18(17)13-8-10-14(25-2)11-9-13/h8-11,15,18H,3-7,12H2,1-2H3,(H2,21,22,24). The van der Waals surface area contributed by atoms with Crippen LogP contribution in [-0.2, 0) is 9.53 Å². The normalized spacial score (nSPS) is 20.2. The van der Waals surface area contributed by atoms with Crippen molar-refractivity contribution in [3.63, 3.8) is 0 Å². The maximum atomic E-state index is 12.7. The summed E-state index contributed by atoms with van der Waals surface area (Å²) < 4.78 is 10.5. The first kappa shape index (κ1) is 19.6. The zero-order valence-electron chi connectivity index (χ0n) is 15.7. The lowest BCUT2D eigenvalue weighted by molar-refractivity contribution is -0.139. The van der Waals surface area contributed by atoms with Gasteiger partial charge in [0.25, 0.3) is 0 Å². The van der Waals surface area contributed by atoms with Crippen LogP contribution in [0.4, 0.5) is 4.79 Å². The quantitative estimate of drug-likeness (QED) is 0.697. The third kappa shape index (κ3) is 4.77. The van der Waals surface area contributed by atoms with Crippen LogP contribution in [0.2, 0.25) is 0 Å². The average Bonchev–Trinajstić information content (AvgIpc) is 3.19. The van der Waals surface area contributed by atoms with Crippen LogP contribution in [0.15, 0.2) is 35.5 Å². The highest BCUT2D eigenvalue weighted by Gasteiger charge is 2.34. The molecule has 1 unspecified atom stereocenters. The Morgan fingerprint density at radius 1 is 1.22 bits per heavy atom. The number of ether oxygens (including phenoxy) is 2. The Morgan fingerprint density at radius 3 is 2.56 bits per heavy atom. The van der Waals surface area contributed by atoms with Crippen molar-refractivity contribution in [2.75, 3.05) is 19.5 Å². The molecule has 0 spiro atoms. The van der Waals surface area contributed by atoms with E-state index in [1.54, 1.807) is 25.8 Å². The predicted molar refractivity (Wildman–Crippen MR) is 106 cm³/mol. The number of carbonyl (C=O) groups excluding carboxylic acids is 2. The highest BCUT2D eigenvalue weighted by molar-refractivity contribution is 8.00. The van der Waals surface area contributed by atoms with E-state index < -0.39 is 12.0 Å². The van der Waals surface area contributed by atoms with Crippen LogP contribution < -0.4 is 15.4 Å². The zero-order chi connectivity index (χ0) is 19.2. The van der Waals surface area contributed by atoms with Crippen molar-refractivity contribution in [1.82, 2.24) is 10.6 Å². The molecule has 2 amide bonds. The summed E-state index contributed by atoms with van der Waals surface area (Å²) in [5, 5.41) is 6.28. The van der Waals surface area contributed by atoms with Crippen molar-refractivity contribution in [2.24, 2.45) is 0 Å². The van der Waals surface area contributed by atoms with Gasteiger partial charge in [0, 0.05) is 16.7 Å². The number of amides is 2. The van der Waals surface area contributed by atoms with Gasteiger partial charge in [-0.2, -0.15) is 11.8 Å². The number of benzene rings is 1. The Balaban J connectivity index is 1.90. The molecule has 0 aromatic heterocycles. The minimum absolute atomic E-state index is 0.286. The molecule has 1 heterocycles. The van der Waals surface area contributed by atoms with Crippen LogP contribution in [-0.4, -0.2) is 36.7 Å². The third-order valence-electron chi connectivity index (χ3n) is 4.86. The number of hydrogen-bond acceptors (Lipinski definition) is 5. The number of nitrogens with one attached hydrogen (secondary N) is 2. The van der Waals surface area contributed by atoms with Gasteiger partial charge in [0.05, 0.1) is 25.3 Å². The van der Waals surface area contributed by atoms with Gasteiger partial charge in [0.1, 0.15) is 5.75 Å². The van der Waals surface area contributed by atoms with Gasteiger partial charge in [-0.15, -0.1) is 0 Å². The number of hydrogen-bond donors (Lipinski definition) is 2. The van der Waals surface area contributed by atoms with Crippen LogP contribution in [0.25, 0.3) is 0 Å². The fourth-order valence-corrected chi connectivity index (χ4v) is 4.78. The summed E-state index contributed by atoms with van der Waals surface area (Å²) in [4.78, 5) is 25.0. The van der Waals surface area contributed by atoms with Crippen molar-refractivity contribution in [2.45, 2.75) is 43.9 Å². The van der Waals surface area contributed by atoms with Crippen LogP contribution in [0.5, 0.6) is 5.75 Å². The molecule has 2 N–H and O–H groups in total. The van der Waals surface area contributed by atoms with E-state index >= 15 is 0 Å². The Labute approximate surface area is 164 Å². The fourth-order valence-electron chi connectivity index (χ4n) is 3.48. The second-order valence-electron chi connectivity index (χ2n) is 6.63. The average molecular weight is 391 g/mol. The molecule has 1 aromatic rings. The van der Waals surface area contributed by atoms with E-state index in [9.17, 15) is 9.59 Å². The Bertz CT molecular complexity index is 711. The maximum absolute atomic E-state index is 12.7. The molecule has 1 atom stereocenters. The molecule has 3 rings (SSSR count). The third-order valence-corrected chi connectivity index (χ3v) is 6.26. The Hall–Kier alpha value is -2.15. The summed E-state index contributed by atoms with van der Waals surface area (Å²) >= 11 is 1.81. The van der Waals surface area contributed by atoms with Gasteiger partial charge in [-0.3, -0.25) is 0 Å². The molecule has 0 saturated heterocycles. The molecule has 1 aliphatic carbocycles. The summed E-state index contributed by atoms with van der Waals surface area (Å²) in [5.74, 6) is 0.921. The number of thioether (sulfide) groups is 1. The number of carbonyl (C=O) groups is 2. The van der Waals surface area contributed by atoms with Crippen molar-refractivity contribution < 1.29 is 19.1 Å². The summed E-state index contributed by atoms with van der Waals surface area (Å²) in [5.41, 5.74) is 1.94. The van der Waals surface area contributed by atoms with Crippen molar-refractivity contribution in [3.8, 4) is 5.75 Å². The minimum atomic E-state index is -0.539. The lowest BCUT2D eigenvalue weighted by Crippen LogP contribution is -2.46. The van der Waals surface area contributed by atoms with Gasteiger partial charge < -0.3 is 20.1 Å². The molecule has 0 radical (unpaired) electrons. The summed E-state index contributed by atoms with van der Waals surface area (Å²) in [6.07, 6.45) is 4.90. The second-order valence-corrected chi connectivity index (χ2v) is 7.92. The Morgan fingerprint density at radius 2 is 1.93 bits per heavy atom. The van der Waals surface area contributed by atoms with E-state index in [-0.39, 0.29) is 12.6 Å². The van der Waals surface area contributed by atoms with Crippen LogP contribution in [0.3, 0.4) is 0 Å². The number of urea groups is 1. The van der Waals surface area contributed by atoms with Crippen LogP contribution in [0, 0.1) is 0 Å². The first-order chi connectivity index (χ1) is 13.1. The number of esters is 1. The second kappa shape index (κ2) is 9.17. The lowest BCUT2D eigenvalue weighted by atomic mass is 9.95. The smallest absolute Gasteiger partial charge is 0.338 e. The van der Waals surface area contributed by atoms with E-state index in [1.165, 1.54) is 25.7 Å². The van der Waals surface area contributed by atoms with Crippen molar-refractivity contribution in [3.05, 3.63) is 41.1 Å². The molecular formula is C20H26N2O4S. The number of rotatable bonds is 7. The van der Waals surface area contributed by atoms with Crippen molar-refractivity contribution >= 4 is 23.8 Å². The highest BCUT2D eigenvalue weighted by atomic mass is 32.2. The largest absolute Gasteiger partial charge is 0.497 e. The minimum Gasteiger partial charge on any atom is -0.497 e. The van der Waals surface area contributed by atoms with Gasteiger partial charge in [0.2, 0.25) is 0 Å². The molecule has 1 saturated carbocycles. The van der Waals surface area contributed by atoms with Gasteiger partial charge in [-0.1, -0.05) is 25.0 Å². The topological polar surface area (TPSA) is 76.7 Å². The molecule has 146 valence electrons.